The molecule has 7 heteroatoms. The van der Waals surface area contributed by atoms with Gasteiger partial charge < -0.3 is 10.2 Å². The number of nitrogens with one attached hydrogen (secondary N) is 1. The van der Waals surface area contributed by atoms with Gasteiger partial charge in [0, 0.05) is 24.0 Å². The number of rotatable bonds is 4. The first-order chi connectivity index (χ1) is 9.35. The smallest absolute Gasteiger partial charge is 0.337 e. The van der Waals surface area contributed by atoms with Crippen molar-refractivity contribution in [2.45, 2.75) is 38.5 Å². The highest BCUT2D eigenvalue weighted by Gasteiger charge is 2.30. The average molecular weight is 306 g/mol. The fourth-order valence-corrected chi connectivity index (χ4v) is 3.14. The Morgan fingerprint density at radius 2 is 2.30 bits per heavy atom. The lowest BCUT2D eigenvalue weighted by molar-refractivity contribution is -0.141. The van der Waals surface area contributed by atoms with Crippen LogP contribution in [0.5, 0.6) is 0 Å². The van der Waals surface area contributed by atoms with Crippen LogP contribution in [0.4, 0.5) is 13.2 Å². The minimum Gasteiger partial charge on any atom is -0.337 e. The molecule has 0 radical (unpaired) electrons. The molecule has 0 saturated heterocycles. The highest BCUT2D eigenvalue weighted by Crippen LogP contribution is 2.24. The monoisotopic (exact) mass is 306 g/mol. The first-order valence-electron chi connectivity index (χ1n) is 6.48. The number of carbonyl (C=O) groups is 1. The lowest BCUT2D eigenvalue weighted by Crippen LogP contribution is -2.43. The van der Waals surface area contributed by atoms with Crippen molar-refractivity contribution < 1.29 is 18.0 Å². The molecular weight excluding hydrogens is 289 g/mol. The summed E-state index contributed by atoms with van der Waals surface area (Å²) < 4.78 is 36.5. The maximum atomic E-state index is 12.2. The van der Waals surface area contributed by atoms with E-state index >= 15 is 0 Å². The second-order valence-electron chi connectivity index (χ2n) is 5.04. The Morgan fingerprint density at radius 1 is 1.55 bits per heavy atom. The maximum absolute atomic E-state index is 12.2. The van der Waals surface area contributed by atoms with Crippen LogP contribution in [-0.4, -0.2) is 36.1 Å². The van der Waals surface area contributed by atoms with Gasteiger partial charge in [-0.25, -0.2) is 0 Å². The molecule has 0 aliphatic carbocycles. The van der Waals surface area contributed by atoms with Crippen LogP contribution in [0.25, 0.3) is 0 Å². The molecule has 0 fully saturated rings. The van der Waals surface area contributed by atoms with Crippen LogP contribution in [0.3, 0.4) is 0 Å². The molecule has 2 heterocycles. The van der Waals surface area contributed by atoms with Gasteiger partial charge in [0.1, 0.15) is 0 Å². The van der Waals surface area contributed by atoms with E-state index < -0.39 is 18.6 Å². The molecule has 0 bridgehead atoms. The molecular formula is C13H17F3N2OS. The first-order valence-corrected chi connectivity index (χ1v) is 7.36. The van der Waals surface area contributed by atoms with Gasteiger partial charge >= 0.3 is 6.18 Å². The first kappa shape index (κ1) is 15.3. The van der Waals surface area contributed by atoms with Gasteiger partial charge in [-0.05, 0) is 30.4 Å². The molecule has 1 N–H and O–H groups in total. The standard InChI is InChI=1S/C13H17F3N2OS/c1-9(6-13(14,15)16)17-7-12(19)18-4-2-11-10(8-18)3-5-20-11/h3,5,9,17H,2,4,6-8H2,1H3. The summed E-state index contributed by atoms with van der Waals surface area (Å²) in [7, 11) is 0. The quantitative estimate of drug-likeness (QED) is 0.927. The summed E-state index contributed by atoms with van der Waals surface area (Å²) in [4.78, 5) is 15.0. The highest BCUT2D eigenvalue weighted by atomic mass is 32.1. The maximum Gasteiger partial charge on any atom is 0.390 e. The Kier molecular flexibility index (Phi) is 4.70. The van der Waals surface area contributed by atoms with E-state index in [0.29, 0.717) is 13.1 Å². The fourth-order valence-electron chi connectivity index (χ4n) is 2.25. The highest BCUT2D eigenvalue weighted by molar-refractivity contribution is 7.10. The molecule has 0 aromatic carbocycles. The minimum absolute atomic E-state index is 0.0449. The van der Waals surface area contributed by atoms with E-state index in [1.165, 1.54) is 11.8 Å². The van der Waals surface area contributed by atoms with E-state index in [9.17, 15) is 18.0 Å². The van der Waals surface area contributed by atoms with Crippen molar-refractivity contribution in [3.63, 3.8) is 0 Å². The Balaban J connectivity index is 1.79. The summed E-state index contributed by atoms with van der Waals surface area (Å²) in [6.45, 7) is 2.60. The predicted octanol–water partition coefficient (Wildman–Crippen LogP) is 2.56. The third-order valence-electron chi connectivity index (χ3n) is 3.30. The summed E-state index contributed by atoms with van der Waals surface area (Å²) in [5.41, 5.74) is 1.15. The van der Waals surface area contributed by atoms with Crippen LogP contribution < -0.4 is 5.32 Å². The number of hydrogen-bond donors (Lipinski definition) is 1. The van der Waals surface area contributed by atoms with Crippen molar-refractivity contribution in [1.29, 1.82) is 0 Å². The molecule has 112 valence electrons. The number of amides is 1. The van der Waals surface area contributed by atoms with Gasteiger partial charge in [-0.2, -0.15) is 13.2 Å². The van der Waals surface area contributed by atoms with Crippen LogP contribution in [0.1, 0.15) is 23.8 Å². The van der Waals surface area contributed by atoms with Gasteiger partial charge in [0.2, 0.25) is 5.91 Å². The van der Waals surface area contributed by atoms with E-state index in [4.69, 9.17) is 0 Å². The summed E-state index contributed by atoms with van der Waals surface area (Å²) in [5.74, 6) is -0.143. The van der Waals surface area contributed by atoms with E-state index in [-0.39, 0.29) is 12.5 Å². The van der Waals surface area contributed by atoms with E-state index in [1.807, 2.05) is 11.4 Å². The largest absolute Gasteiger partial charge is 0.390 e. The van der Waals surface area contributed by atoms with Gasteiger partial charge in [0.05, 0.1) is 13.0 Å². The van der Waals surface area contributed by atoms with Crippen LogP contribution >= 0.6 is 11.3 Å². The van der Waals surface area contributed by atoms with Crippen molar-refractivity contribution in [2.75, 3.05) is 13.1 Å². The Morgan fingerprint density at radius 3 is 3.00 bits per heavy atom. The Bertz CT molecular complexity index is 472. The van der Waals surface area contributed by atoms with Gasteiger partial charge in [-0.15, -0.1) is 11.3 Å². The number of fused-ring (bicyclic) bond motifs is 1. The number of hydrogen-bond acceptors (Lipinski definition) is 3. The van der Waals surface area contributed by atoms with Crippen LogP contribution in [0.15, 0.2) is 11.4 Å². The zero-order chi connectivity index (χ0) is 14.8. The fraction of sp³-hybridized carbons (Fsp3) is 0.615. The number of nitrogens with zero attached hydrogens (tertiary/aromatic N) is 1. The van der Waals surface area contributed by atoms with E-state index in [0.717, 1.165) is 12.0 Å². The molecule has 3 nitrogen and oxygen atoms in total. The number of carbonyl (C=O) groups excluding carboxylic acids is 1. The second kappa shape index (κ2) is 6.13. The molecule has 1 atom stereocenters. The molecule has 0 saturated carbocycles. The zero-order valence-electron chi connectivity index (χ0n) is 11.2. The lowest BCUT2D eigenvalue weighted by Gasteiger charge is -2.27. The van der Waals surface area contributed by atoms with Gasteiger partial charge in [-0.3, -0.25) is 4.79 Å². The molecule has 2 rings (SSSR count). The topological polar surface area (TPSA) is 32.3 Å². The molecule has 0 spiro atoms. The van der Waals surface area contributed by atoms with Crippen LogP contribution in [0.2, 0.25) is 0 Å². The number of halogens is 3. The third kappa shape index (κ3) is 4.21. The zero-order valence-corrected chi connectivity index (χ0v) is 12.0. The molecule has 1 aromatic heterocycles. The van der Waals surface area contributed by atoms with E-state index in [2.05, 4.69) is 5.32 Å². The number of alkyl halides is 3. The number of thiophene rings is 1. The van der Waals surface area contributed by atoms with Crippen LogP contribution in [0, 0.1) is 0 Å². The molecule has 1 unspecified atom stereocenters. The summed E-state index contributed by atoms with van der Waals surface area (Å²) in [6, 6.07) is 1.25. The summed E-state index contributed by atoms with van der Waals surface area (Å²) in [5, 5.41) is 4.65. The van der Waals surface area contributed by atoms with Gasteiger partial charge in [0.15, 0.2) is 0 Å². The Hall–Kier alpha value is -1.08. The molecule has 1 amide bonds. The predicted molar refractivity (Wildman–Crippen MR) is 71.6 cm³/mol. The van der Waals surface area contributed by atoms with Gasteiger partial charge in [0.25, 0.3) is 0 Å². The SMILES string of the molecule is CC(CC(F)(F)F)NCC(=O)N1CCc2sccc2C1. The van der Waals surface area contributed by atoms with E-state index in [1.54, 1.807) is 16.2 Å². The molecule has 20 heavy (non-hydrogen) atoms. The van der Waals surface area contributed by atoms with Crippen LogP contribution in [-0.2, 0) is 17.8 Å². The normalized spacial score (nSPS) is 16.9. The van der Waals surface area contributed by atoms with Crippen molar-refractivity contribution in [3.8, 4) is 0 Å². The van der Waals surface area contributed by atoms with Crippen molar-refractivity contribution in [2.24, 2.45) is 0 Å². The summed E-state index contributed by atoms with van der Waals surface area (Å²) >= 11 is 1.69. The van der Waals surface area contributed by atoms with Gasteiger partial charge in [-0.1, -0.05) is 0 Å². The van der Waals surface area contributed by atoms with Crippen molar-refractivity contribution >= 4 is 17.2 Å². The Labute approximate surface area is 119 Å². The van der Waals surface area contributed by atoms with Crippen molar-refractivity contribution in [3.05, 3.63) is 21.9 Å². The lowest BCUT2D eigenvalue weighted by atomic mass is 10.1. The molecule has 1 aliphatic heterocycles. The molecule has 1 aromatic rings. The second-order valence-corrected chi connectivity index (χ2v) is 6.04. The minimum atomic E-state index is -4.20. The molecule has 1 aliphatic rings. The summed E-state index contributed by atoms with van der Waals surface area (Å²) in [6.07, 6.45) is -4.29. The average Bonchev–Trinajstić information content (AvgIpc) is 2.80. The van der Waals surface area contributed by atoms with Crippen molar-refractivity contribution in [1.82, 2.24) is 10.2 Å². The third-order valence-corrected chi connectivity index (χ3v) is 4.32.